The van der Waals surface area contributed by atoms with Crippen LogP contribution in [-0.2, 0) is 6.54 Å². The summed E-state index contributed by atoms with van der Waals surface area (Å²) in [5, 5.41) is 0.325. The monoisotopic (exact) mass is 226 g/mol. The number of benzene rings is 1. The second-order valence-electron chi connectivity index (χ2n) is 2.93. The fourth-order valence-corrected chi connectivity index (χ4v) is 2.06. The van der Waals surface area contributed by atoms with Crippen LogP contribution in [0, 0.1) is 11.6 Å². The van der Waals surface area contributed by atoms with Crippen LogP contribution in [0.1, 0.15) is 4.88 Å². The van der Waals surface area contributed by atoms with E-state index in [0.717, 1.165) is 4.88 Å². The number of nitrogens with two attached hydrogens (primary N) is 1. The SMILES string of the molecule is NCc1cnc(-c2c(F)cccc2F)s1. The number of hydrogen-bond donors (Lipinski definition) is 1. The average molecular weight is 226 g/mol. The van der Waals surface area contributed by atoms with Crippen LogP contribution in [-0.4, -0.2) is 4.98 Å². The molecule has 0 atom stereocenters. The van der Waals surface area contributed by atoms with E-state index in [1.54, 1.807) is 0 Å². The number of nitrogens with zero attached hydrogens (tertiary/aromatic N) is 1. The third kappa shape index (κ3) is 1.88. The minimum Gasteiger partial charge on any atom is -0.326 e. The smallest absolute Gasteiger partial charge is 0.136 e. The Hall–Kier alpha value is -1.33. The van der Waals surface area contributed by atoms with Gasteiger partial charge in [-0.2, -0.15) is 0 Å². The highest BCUT2D eigenvalue weighted by Crippen LogP contribution is 2.29. The summed E-state index contributed by atoms with van der Waals surface area (Å²) in [6.07, 6.45) is 1.53. The zero-order valence-electron chi connectivity index (χ0n) is 7.71. The van der Waals surface area contributed by atoms with Crippen molar-refractivity contribution in [2.45, 2.75) is 6.54 Å². The van der Waals surface area contributed by atoms with Crippen molar-refractivity contribution >= 4 is 11.3 Å². The Bertz CT molecular complexity index is 462. The van der Waals surface area contributed by atoms with E-state index >= 15 is 0 Å². The van der Waals surface area contributed by atoms with Gasteiger partial charge >= 0.3 is 0 Å². The molecule has 0 unspecified atom stereocenters. The molecule has 0 saturated carbocycles. The molecule has 0 spiro atoms. The summed E-state index contributed by atoms with van der Waals surface area (Å²) in [6, 6.07) is 3.75. The molecule has 0 fully saturated rings. The predicted octanol–water partition coefficient (Wildman–Crippen LogP) is 2.55. The van der Waals surface area contributed by atoms with E-state index in [1.807, 2.05) is 0 Å². The molecule has 1 aromatic heterocycles. The maximum Gasteiger partial charge on any atom is 0.136 e. The van der Waals surface area contributed by atoms with Gasteiger partial charge in [-0.3, -0.25) is 0 Å². The van der Waals surface area contributed by atoms with Gasteiger partial charge < -0.3 is 5.73 Å². The molecule has 0 saturated heterocycles. The van der Waals surface area contributed by atoms with Gasteiger partial charge in [0.25, 0.3) is 0 Å². The van der Waals surface area contributed by atoms with Crippen molar-refractivity contribution in [2.24, 2.45) is 5.73 Å². The van der Waals surface area contributed by atoms with E-state index in [4.69, 9.17) is 5.73 Å². The van der Waals surface area contributed by atoms with Crippen molar-refractivity contribution in [1.82, 2.24) is 4.98 Å². The van der Waals surface area contributed by atoms with Gasteiger partial charge in [-0.15, -0.1) is 11.3 Å². The average Bonchev–Trinajstić information content (AvgIpc) is 2.66. The third-order valence-corrected chi connectivity index (χ3v) is 2.97. The molecule has 1 heterocycles. The van der Waals surface area contributed by atoms with Crippen LogP contribution < -0.4 is 5.73 Å². The molecule has 78 valence electrons. The predicted molar refractivity (Wildman–Crippen MR) is 55.4 cm³/mol. The first kappa shape index (κ1) is 10.2. The largest absolute Gasteiger partial charge is 0.326 e. The normalized spacial score (nSPS) is 10.6. The van der Waals surface area contributed by atoms with Crippen molar-refractivity contribution in [2.75, 3.05) is 0 Å². The summed E-state index contributed by atoms with van der Waals surface area (Å²) in [5.41, 5.74) is 5.32. The highest BCUT2D eigenvalue weighted by Gasteiger charge is 2.13. The standard InChI is InChI=1S/C10H8F2N2S/c11-7-2-1-3-8(12)9(7)10-14-5-6(4-13)15-10/h1-3,5H,4,13H2. The maximum absolute atomic E-state index is 13.3. The molecule has 2 aromatic rings. The van der Waals surface area contributed by atoms with Crippen molar-refractivity contribution < 1.29 is 8.78 Å². The van der Waals surface area contributed by atoms with Gasteiger partial charge in [-0.05, 0) is 12.1 Å². The Kier molecular flexibility index (Phi) is 2.75. The van der Waals surface area contributed by atoms with Gasteiger partial charge in [-0.1, -0.05) is 6.07 Å². The Morgan fingerprint density at radius 2 is 1.93 bits per heavy atom. The lowest BCUT2D eigenvalue weighted by Crippen LogP contribution is -1.91. The van der Waals surface area contributed by atoms with Crippen LogP contribution >= 0.6 is 11.3 Å². The summed E-state index contributed by atoms with van der Waals surface area (Å²) in [7, 11) is 0. The Morgan fingerprint density at radius 3 is 2.47 bits per heavy atom. The molecule has 2 nitrogen and oxygen atoms in total. The maximum atomic E-state index is 13.3. The number of thiazole rings is 1. The molecule has 1 aromatic carbocycles. The quantitative estimate of drug-likeness (QED) is 0.854. The highest BCUT2D eigenvalue weighted by atomic mass is 32.1. The molecule has 5 heteroatoms. The number of aromatic nitrogens is 1. The Morgan fingerprint density at radius 1 is 1.27 bits per heavy atom. The van der Waals surface area contributed by atoms with Crippen molar-refractivity contribution in [1.29, 1.82) is 0 Å². The summed E-state index contributed by atoms with van der Waals surface area (Å²) in [5.74, 6) is -1.21. The van der Waals surface area contributed by atoms with Gasteiger partial charge in [0, 0.05) is 17.6 Å². The molecule has 0 aliphatic carbocycles. The molecular weight excluding hydrogens is 218 g/mol. The van der Waals surface area contributed by atoms with Crippen LogP contribution in [0.25, 0.3) is 10.6 Å². The summed E-state index contributed by atoms with van der Waals surface area (Å²) < 4.78 is 26.7. The third-order valence-electron chi connectivity index (χ3n) is 1.93. The zero-order chi connectivity index (χ0) is 10.8. The summed E-state index contributed by atoms with van der Waals surface area (Å²) in [4.78, 5) is 4.74. The molecule has 2 rings (SSSR count). The first-order chi connectivity index (χ1) is 7.22. The van der Waals surface area contributed by atoms with Crippen LogP contribution in [0.5, 0.6) is 0 Å². The van der Waals surface area contributed by atoms with Crippen LogP contribution in [0.3, 0.4) is 0 Å². The van der Waals surface area contributed by atoms with Gasteiger partial charge in [0.2, 0.25) is 0 Å². The lowest BCUT2D eigenvalue weighted by Gasteiger charge is -1.99. The van der Waals surface area contributed by atoms with Crippen molar-refractivity contribution in [3.05, 3.63) is 40.9 Å². The fourth-order valence-electron chi connectivity index (χ4n) is 1.22. The minimum absolute atomic E-state index is 0.0813. The van der Waals surface area contributed by atoms with Crippen LogP contribution in [0.2, 0.25) is 0 Å². The lowest BCUT2D eigenvalue weighted by molar-refractivity contribution is 0.589. The first-order valence-electron chi connectivity index (χ1n) is 4.31. The second kappa shape index (κ2) is 4.04. The minimum atomic E-state index is -0.604. The number of rotatable bonds is 2. The van der Waals surface area contributed by atoms with E-state index in [9.17, 15) is 8.78 Å². The van der Waals surface area contributed by atoms with E-state index in [-0.39, 0.29) is 5.56 Å². The summed E-state index contributed by atoms with van der Waals surface area (Å²) in [6.45, 7) is 0.327. The lowest BCUT2D eigenvalue weighted by atomic mass is 10.2. The number of halogens is 2. The molecule has 0 bridgehead atoms. The molecule has 2 N–H and O–H groups in total. The Balaban J connectivity index is 2.53. The summed E-state index contributed by atoms with van der Waals surface area (Å²) >= 11 is 1.20. The van der Waals surface area contributed by atoms with Crippen molar-refractivity contribution in [3.63, 3.8) is 0 Å². The van der Waals surface area contributed by atoms with E-state index in [2.05, 4.69) is 4.98 Å². The van der Waals surface area contributed by atoms with E-state index < -0.39 is 11.6 Å². The topological polar surface area (TPSA) is 38.9 Å². The second-order valence-corrected chi connectivity index (χ2v) is 4.05. The molecule has 15 heavy (non-hydrogen) atoms. The van der Waals surface area contributed by atoms with E-state index in [1.165, 1.54) is 35.7 Å². The number of hydrogen-bond acceptors (Lipinski definition) is 3. The van der Waals surface area contributed by atoms with Gasteiger partial charge in [-0.25, -0.2) is 13.8 Å². The van der Waals surface area contributed by atoms with Gasteiger partial charge in [0.15, 0.2) is 0 Å². The van der Waals surface area contributed by atoms with Crippen LogP contribution in [0.15, 0.2) is 24.4 Å². The molecule has 0 amide bonds. The molecular formula is C10H8F2N2S. The van der Waals surface area contributed by atoms with Crippen molar-refractivity contribution in [3.8, 4) is 10.6 Å². The van der Waals surface area contributed by atoms with Gasteiger partial charge in [0.05, 0.1) is 5.56 Å². The zero-order valence-corrected chi connectivity index (χ0v) is 8.52. The van der Waals surface area contributed by atoms with E-state index in [0.29, 0.717) is 11.6 Å². The highest BCUT2D eigenvalue weighted by molar-refractivity contribution is 7.15. The van der Waals surface area contributed by atoms with Gasteiger partial charge in [0.1, 0.15) is 16.6 Å². The van der Waals surface area contributed by atoms with Crippen LogP contribution in [0.4, 0.5) is 8.78 Å². The first-order valence-corrected chi connectivity index (χ1v) is 5.13. The fraction of sp³-hybridized carbons (Fsp3) is 0.100. The molecule has 0 radical (unpaired) electrons. The molecule has 0 aliphatic heterocycles. The molecule has 0 aliphatic rings. The Labute approximate surface area is 89.4 Å².